The number of aryl methyl sites for hydroxylation is 1. The van der Waals surface area contributed by atoms with E-state index in [1.807, 2.05) is 91.7 Å². The average Bonchev–Trinajstić information content (AvgIpc) is 1.58. The molecule has 108 heavy (non-hydrogen) atoms. The maximum absolute atomic E-state index is 13.1. The molecule has 2 fully saturated rings. The molecular weight excluding hydrogens is 1380 g/mol. The minimum Gasteiger partial charge on any atom is -0.450 e. The topological polar surface area (TPSA) is 401 Å². The van der Waals surface area contributed by atoms with Crippen molar-refractivity contribution in [3.63, 3.8) is 0 Å². The normalized spacial score (nSPS) is 13.1. The minimum absolute atomic E-state index is 0.0907. The van der Waals surface area contributed by atoms with E-state index in [2.05, 4.69) is 101 Å². The van der Waals surface area contributed by atoms with Crippen molar-refractivity contribution in [2.24, 2.45) is 0 Å². The Hall–Kier alpha value is -13.5. The van der Waals surface area contributed by atoms with E-state index in [9.17, 15) is 28.8 Å². The van der Waals surface area contributed by atoms with Crippen molar-refractivity contribution in [1.29, 1.82) is 0 Å². The van der Waals surface area contributed by atoms with Gasteiger partial charge < -0.3 is 62.7 Å². The summed E-state index contributed by atoms with van der Waals surface area (Å²) >= 11 is 0. The summed E-state index contributed by atoms with van der Waals surface area (Å²) in [7, 11) is 2.05. The summed E-state index contributed by atoms with van der Waals surface area (Å²) in [6.07, 6.45) is 16.5. The molecule has 0 atom stereocenters. The molecule has 34 heteroatoms. The van der Waals surface area contributed by atoms with Gasteiger partial charge in [-0.05, 0) is 130 Å². The van der Waals surface area contributed by atoms with Crippen molar-refractivity contribution >= 4 is 81.0 Å². The third-order valence-corrected chi connectivity index (χ3v) is 17.4. The smallest absolute Gasteiger partial charge is 0.413 e. The molecule has 0 aliphatic carbocycles. The van der Waals surface area contributed by atoms with Crippen molar-refractivity contribution < 1.29 is 42.9 Å². The van der Waals surface area contributed by atoms with Crippen molar-refractivity contribution in [3.05, 3.63) is 192 Å². The molecule has 12 heterocycles. The first-order valence-corrected chi connectivity index (χ1v) is 34.8. The number of hydrogen-bond donors (Lipinski definition) is 7. The van der Waals surface area contributed by atoms with E-state index in [0.29, 0.717) is 99.1 Å². The van der Waals surface area contributed by atoms with Gasteiger partial charge in [0, 0.05) is 148 Å². The summed E-state index contributed by atoms with van der Waals surface area (Å²) in [5.74, 6) is 1.33. The van der Waals surface area contributed by atoms with Crippen LogP contribution in [0.5, 0.6) is 0 Å². The molecule has 2 aliphatic heterocycles. The number of pyridine rings is 3. The van der Waals surface area contributed by atoms with Gasteiger partial charge in [-0.2, -0.15) is 0 Å². The number of hydrogen-bond acceptors (Lipinski definition) is 23. The largest absolute Gasteiger partial charge is 0.450 e. The maximum atomic E-state index is 13.1. The summed E-state index contributed by atoms with van der Waals surface area (Å²) in [6.45, 7) is 15.8. The van der Waals surface area contributed by atoms with E-state index in [4.69, 9.17) is 18.9 Å². The first kappa shape index (κ1) is 72.9. The van der Waals surface area contributed by atoms with Crippen LogP contribution >= 0.6 is 0 Å². The number of nitrogens with one attached hydrogen (secondary N) is 7. The van der Waals surface area contributed by atoms with Gasteiger partial charge in [-0.25, -0.2) is 59.2 Å². The molecule has 5 amide bonds. The molecule has 10 aromatic heterocycles. The second-order valence-corrected chi connectivity index (χ2v) is 24.7. The van der Waals surface area contributed by atoms with Crippen LogP contribution in [0.1, 0.15) is 53.0 Å². The Kier molecular flexibility index (Phi) is 22.9. The van der Waals surface area contributed by atoms with E-state index >= 15 is 0 Å². The van der Waals surface area contributed by atoms with Gasteiger partial charge in [0.1, 0.15) is 35.1 Å². The Morgan fingerprint density at radius 2 is 1.05 bits per heavy atom. The monoisotopic (exact) mass is 1460 g/mol. The van der Waals surface area contributed by atoms with Crippen LogP contribution in [0.15, 0.2) is 164 Å². The Balaban J connectivity index is 0.000000143. The number of ether oxygens (including phenoxy) is 4. The number of aromatic amines is 3. The molecule has 3 aromatic carbocycles. The number of benzene rings is 3. The molecule has 0 unspecified atom stereocenters. The highest BCUT2D eigenvalue weighted by atomic mass is 16.6. The Morgan fingerprint density at radius 3 is 1.57 bits per heavy atom. The van der Waals surface area contributed by atoms with Gasteiger partial charge in [-0.15, -0.1) is 0 Å². The second kappa shape index (κ2) is 34.0. The fourth-order valence-electron chi connectivity index (χ4n) is 12.0. The second-order valence-electron chi connectivity index (χ2n) is 24.7. The number of fused-ring (bicyclic) bond motifs is 3. The number of anilines is 3. The summed E-state index contributed by atoms with van der Waals surface area (Å²) in [4.78, 5) is 138. The summed E-state index contributed by atoms with van der Waals surface area (Å²) in [5, 5.41) is 10.7. The van der Waals surface area contributed by atoms with Gasteiger partial charge in [-0.3, -0.25) is 45.2 Å². The van der Waals surface area contributed by atoms with Crippen molar-refractivity contribution in [1.82, 2.24) is 103 Å². The number of H-pyrrole nitrogens is 3. The minimum atomic E-state index is -0.613. The molecule has 552 valence electrons. The molecular formula is C74H76N24O10. The number of likely N-dealkylation sites (N-methyl/N-ethyl adjacent to an activating group) is 1. The van der Waals surface area contributed by atoms with Crippen LogP contribution in [0.3, 0.4) is 0 Å². The van der Waals surface area contributed by atoms with Crippen LogP contribution in [-0.2, 0) is 25.5 Å². The first-order valence-electron chi connectivity index (χ1n) is 34.8. The Labute approximate surface area is 616 Å². The number of aromatic nitrogens is 17. The van der Waals surface area contributed by atoms with E-state index in [-0.39, 0.29) is 55.0 Å². The van der Waals surface area contributed by atoms with Gasteiger partial charge in [-0.1, -0.05) is 6.07 Å². The highest BCUT2D eigenvalue weighted by Gasteiger charge is 2.25. The van der Waals surface area contributed by atoms with E-state index in [0.717, 1.165) is 85.3 Å². The highest BCUT2D eigenvalue weighted by Crippen LogP contribution is 2.35. The van der Waals surface area contributed by atoms with Crippen molar-refractivity contribution in [3.8, 4) is 56.5 Å². The van der Waals surface area contributed by atoms with Gasteiger partial charge in [0.2, 0.25) is 17.8 Å². The molecule has 0 bridgehead atoms. The SMILES string of the molecule is CCOC(=O)Nc1nc2c(-c3ccccn3)cc(-c3cc(C)n(Cc4ccncc4)c(=O)c3)cc2[nH]1.CCOC(=O)Nc1nc2c(-c3ncccn3)cc(-n3cnc(C(=O)N4CCN(C)CC4)c3)cc2[nH]1.CCOC(=O)Nc1nc2c(-c3ncccn3)cc(-n3cnc(C(=O)NCCN4CCOCC4)c3)cc2[nH]1. The molecule has 0 spiro atoms. The molecule has 2 aliphatic rings. The summed E-state index contributed by atoms with van der Waals surface area (Å²) < 4.78 is 25.5. The van der Waals surface area contributed by atoms with Crippen LogP contribution in [0.25, 0.3) is 89.6 Å². The van der Waals surface area contributed by atoms with Crippen LogP contribution < -0.4 is 26.8 Å². The third-order valence-electron chi connectivity index (χ3n) is 17.4. The van der Waals surface area contributed by atoms with Crippen LogP contribution in [0.2, 0.25) is 0 Å². The zero-order valence-corrected chi connectivity index (χ0v) is 59.6. The number of morpholine rings is 1. The van der Waals surface area contributed by atoms with Gasteiger partial charge in [0.25, 0.3) is 17.4 Å². The Bertz CT molecular complexity index is 5380. The van der Waals surface area contributed by atoms with E-state index < -0.39 is 18.3 Å². The number of carbonyl (C=O) groups is 5. The summed E-state index contributed by atoms with van der Waals surface area (Å²) in [5.41, 5.74) is 12.0. The number of imidazole rings is 5. The van der Waals surface area contributed by atoms with Gasteiger partial charge >= 0.3 is 18.3 Å². The lowest BCUT2D eigenvalue weighted by atomic mass is 9.99. The molecule has 13 aromatic rings. The molecule has 15 rings (SSSR count). The number of nitrogens with zero attached hydrogens (tertiary/aromatic N) is 17. The highest BCUT2D eigenvalue weighted by molar-refractivity contribution is 5.99. The maximum Gasteiger partial charge on any atom is 0.413 e. The summed E-state index contributed by atoms with van der Waals surface area (Å²) in [6, 6.07) is 27.8. The van der Waals surface area contributed by atoms with Crippen LogP contribution in [0, 0.1) is 6.92 Å². The van der Waals surface area contributed by atoms with Crippen molar-refractivity contribution in [2.45, 2.75) is 34.2 Å². The molecule has 0 radical (unpaired) electrons. The fraction of sp³-hybridized carbons (Fsp3) is 0.257. The number of amides is 5. The quantitative estimate of drug-likeness (QED) is 0.0372. The Morgan fingerprint density at radius 1 is 0.537 bits per heavy atom. The molecule has 2 saturated heterocycles. The lowest BCUT2D eigenvalue weighted by Gasteiger charge is -2.31. The van der Waals surface area contributed by atoms with E-state index in [1.165, 1.54) is 0 Å². The lowest BCUT2D eigenvalue weighted by Crippen LogP contribution is -2.47. The molecule has 34 nitrogen and oxygen atoms in total. The fourth-order valence-corrected chi connectivity index (χ4v) is 12.0. The van der Waals surface area contributed by atoms with Gasteiger partial charge in [0.15, 0.2) is 11.6 Å². The average molecular weight is 1460 g/mol. The predicted molar refractivity (Wildman–Crippen MR) is 401 cm³/mol. The number of rotatable bonds is 19. The number of piperazine rings is 1. The molecule has 0 saturated carbocycles. The predicted octanol–water partition coefficient (Wildman–Crippen LogP) is 8.77. The standard InChI is InChI=1S/C27H24N6O3.C24H27N9O4.C23H25N9O3/c1-3-36-27(35)32-26-30-23-14-20(13-21(25(23)31-26)22-6-4-5-9-29-22)19-12-17(2)33(24(34)15-19)16-18-7-10-28-11-8-18;1-2-37-24(35)31-23-29-18-13-16(12-17(20(18)30-23)21-25-4-3-5-26-21)33-14-19(28-15-33)22(34)27-6-7-32-8-10-36-11-9-32;1-3-35-23(34)29-22-27-17-12-15(11-16(19(17)28-22)20-24-5-4-6-25-20)32-13-18(26-14-32)21(33)31-9-7-30(2)8-10-31/h4-15H,3,16H2,1-2H3,(H2,30,31,32,35);3-5,12-15H,2,6-11H2,1H3,(H,27,34)(H2,29,30,31,35);4-6,11-14H,3,7-10H2,1-2H3,(H2,27,28,29,34). The zero-order valence-electron chi connectivity index (χ0n) is 59.6. The third kappa shape index (κ3) is 17.7. The number of carbonyl (C=O) groups excluding carboxylic acids is 5. The van der Waals surface area contributed by atoms with Gasteiger partial charge in [0.05, 0.1) is 67.3 Å². The first-order chi connectivity index (χ1) is 52.6. The zero-order chi connectivity index (χ0) is 75.0. The molecule has 7 N–H and O–H groups in total. The van der Waals surface area contributed by atoms with Crippen LogP contribution in [-0.4, -0.2) is 221 Å². The van der Waals surface area contributed by atoms with Crippen LogP contribution in [0.4, 0.5) is 32.2 Å². The lowest BCUT2D eigenvalue weighted by molar-refractivity contribution is 0.0383. The van der Waals surface area contributed by atoms with Crippen molar-refractivity contribution in [2.75, 3.05) is 108 Å². The van der Waals surface area contributed by atoms with E-state index in [1.54, 1.807) is 121 Å².